The molecule has 2 aliphatic rings. The number of fused-ring (bicyclic) bond motifs is 1. The van der Waals surface area contributed by atoms with E-state index in [0.29, 0.717) is 19.5 Å². The van der Waals surface area contributed by atoms with Crippen LogP contribution in [0.3, 0.4) is 0 Å². The first-order valence-corrected chi connectivity index (χ1v) is 7.57. The maximum absolute atomic E-state index is 12.2. The summed E-state index contributed by atoms with van der Waals surface area (Å²) in [6.07, 6.45) is 1.61. The first-order valence-electron chi connectivity index (χ1n) is 6.07. The maximum Gasteiger partial charge on any atom is 0.230 e. The number of aliphatic hydroxyl groups is 1. The van der Waals surface area contributed by atoms with Gasteiger partial charge in [-0.1, -0.05) is 6.92 Å². The molecule has 4 unspecified atom stereocenters. The lowest BCUT2D eigenvalue weighted by atomic mass is 10.00. The van der Waals surface area contributed by atoms with Gasteiger partial charge in [0.25, 0.3) is 0 Å². The van der Waals surface area contributed by atoms with Crippen LogP contribution in [0.25, 0.3) is 0 Å². The molecule has 0 spiro atoms. The summed E-state index contributed by atoms with van der Waals surface area (Å²) in [4.78, 5) is 0. The average molecular weight is 258 g/mol. The van der Waals surface area contributed by atoms with Gasteiger partial charge in [0.05, 0.1) is 12.2 Å². The van der Waals surface area contributed by atoms with Crippen molar-refractivity contribution in [2.45, 2.75) is 37.5 Å². The van der Waals surface area contributed by atoms with Crippen LogP contribution in [0, 0.1) is 23.2 Å². The van der Waals surface area contributed by atoms with Gasteiger partial charge in [-0.25, -0.2) is 12.7 Å². The molecular weight excluding hydrogens is 240 g/mol. The monoisotopic (exact) mass is 258 g/mol. The summed E-state index contributed by atoms with van der Waals surface area (Å²) in [6.45, 7) is 2.56. The fraction of sp³-hybridized carbons (Fsp3) is 0.909. The highest BCUT2D eigenvalue weighted by molar-refractivity contribution is 7.90. The van der Waals surface area contributed by atoms with Crippen LogP contribution in [0.4, 0.5) is 0 Å². The second kappa shape index (κ2) is 4.56. The Balaban J connectivity index is 2.14. The summed E-state index contributed by atoms with van der Waals surface area (Å²) in [7, 11) is -3.51. The van der Waals surface area contributed by atoms with Crippen molar-refractivity contribution in [1.29, 1.82) is 5.26 Å². The number of aliphatic hydroxyl groups excluding tert-OH is 1. The van der Waals surface area contributed by atoms with Crippen molar-refractivity contribution in [2.75, 3.05) is 13.1 Å². The normalized spacial score (nSPS) is 35.5. The van der Waals surface area contributed by atoms with E-state index in [-0.39, 0.29) is 17.9 Å². The van der Waals surface area contributed by atoms with Gasteiger partial charge in [-0.05, 0) is 25.2 Å². The fourth-order valence-electron chi connectivity index (χ4n) is 2.95. The van der Waals surface area contributed by atoms with Gasteiger partial charge < -0.3 is 5.11 Å². The molecule has 96 valence electrons. The molecule has 1 saturated heterocycles. The van der Waals surface area contributed by atoms with Gasteiger partial charge in [-0.3, -0.25) is 0 Å². The van der Waals surface area contributed by atoms with Crippen LogP contribution >= 0.6 is 0 Å². The van der Waals surface area contributed by atoms with Crippen LogP contribution in [-0.2, 0) is 10.0 Å². The molecule has 2 rings (SSSR count). The molecule has 4 atom stereocenters. The largest absolute Gasteiger partial charge is 0.393 e. The summed E-state index contributed by atoms with van der Waals surface area (Å²) in [5.41, 5.74) is 0. The second-order valence-electron chi connectivity index (χ2n) is 4.96. The second-order valence-corrected chi connectivity index (χ2v) is 7.07. The Bertz CT molecular complexity index is 428. The molecule has 0 radical (unpaired) electrons. The van der Waals surface area contributed by atoms with Crippen molar-refractivity contribution < 1.29 is 13.5 Å². The van der Waals surface area contributed by atoms with E-state index in [2.05, 4.69) is 0 Å². The van der Waals surface area contributed by atoms with Gasteiger partial charge in [0.1, 0.15) is 0 Å². The lowest BCUT2D eigenvalue weighted by Gasteiger charge is -2.20. The molecule has 6 heteroatoms. The highest BCUT2D eigenvalue weighted by Gasteiger charge is 2.46. The quantitative estimate of drug-likeness (QED) is 0.790. The van der Waals surface area contributed by atoms with Gasteiger partial charge in [-0.2, -0.15) is 5.26 Å². The molecule has 17 heavy (non-hydrogen) atoms. The van der Waals surface area contributed by atoms with Crippen molar-refractivity contribution in [1.82, 2.24) is 4.31 Å². The van der Waals surface area contributed by atoms with Crippen LogP contribution < -0.4 is 0 Å². The van der Waals surface area contributed by atoms with Crippen molar-refractivity contribution in [2.24, 2.45) is 11.8 Å². The van der Waals surface area contributed by atoms with E-state index in [1.54, 1.807) is 6.92 Å². The molecule has 0 amide bonds. The number of rotatable bonds is 3. The minimum Gasteiger partial charge on any atom is -0.393 e. The zero-order chi connectivity index (χ0) is 12.6. The molecule has 0 aromatic rings. The Morgan fingerprint density at radius 1 is 1.47 bits per heavy atom. The molecule has 0 aromatic carbocycles. The molecule has 1 aliphatic heterocycles. The molecule has 0 aromatic heterocycles. The fourth-order valence-corrected chi connectivity index (χ4v) is 4.65. The minimum absolute atomic E-state index is 0.0703. The summed E-state index contributed by atoms with van der Waals surface area (Å²) in [5, 5.41) is 17.7. The zero-order valence-electron chi connectivity index (χ0n) is 9.91. The third kappa shape index (κ3) is 2.07. The van der Waals surface area contributed by atoms with Gasteiger partial charge in [-0.15, -0.1) is 0 Å². The summed E-state index contributed by atoms with van der Waals surface area (Å²) in [5.74, 6) is 0.344. The number of sulfonamides is 1. The molecule has 5 nitrogen and oxygen atoms in total. The third-order valence-electron chi connectivity index (χ3n) is 4.02. The van der Waals surface area contributed by atoms with Crippen molar-refractivity contribution >= 4 is 10.0 Å². The Labute approximate surface area is 102 Å². The maximum atomic E-state index is 12.2. The van der Waals surface area contributed by atoms with Crippen molar-refractivity contribution in [3.63, 3.8) is 0 Å². The Kier molecular flexibility index (Phi) is 3.43. The standard InChI is InChI=1S/C11H18N2O3S/c1-2-9(5-12)17(15,16)13-6-8-3-4-11(14)10(8)7-13/h8-11,14H,2-4,6-7H2,1H3. The molecule has 1 N–H and O–H groups in total. The van der Waals surface area contributed by atoms with E-state index in [1.165, 1.54) is 4.31 Å². The zero-order valence-corrected chi connectivity index (χ0v) is 10.7. The van der Waals surface area contributed by atoms with E-state index < -0.39 is 15.3 Å². The van der Waals surface area contributed by atoms with E-state index in [4.69, 9.17) is 5.26 Å². The van der Waals surface area contributed by atoms with E-state index >= 15 is 0 Å². The number of nitrogens with zero attached hydrogens (tertiary/aromatic N) is 2. The van der Waals surface area contributed by atoms with Crippen LogP contribution in [0.1, 0.15) is 26.2 Å². The van der Waals surface area contributed by atoms with Crippen LogP contribution in [0.15, 0.2) is 0 Å². The van der Waals surface area contributed by atoms with Crippen LogP contribution in [0.5, 0.6) is 0 Å². The SMILES string of the molecule is CCC(C#N)S(=O)(=O)N1CC2CCC(O)C2C1. The summed E-state index contributed by atoms with van der Waals surface area (Å²) < 4.78 is 25.7. The molecule has 1 saturated carbocycles. The van der Waals surface area contributed by atoms with Crippen molar-refractivity contribution in [3.8, 4) is 6.07 Å². The highest BCUT2D eigenvalue weighted by atomic mass is 32.2. The third-order valence-corrected chi connectivity index (χ3v) is 6.20. The Hall–Kier alpha value is -0.640. The topological polar surface area (TPSA) is 81.4 Å². The lowest BCUT2D eigenvalue weighted by Crippen LogP contribution is -2.37. The molecule has 1 heterocycles. The van der Waals surface area contributed by atoms with E-state index in [1.807, 2.05) is 6.07 Å². The molecule has 2 fully saturated rings. The first-order chi connectivity index (χ1) is 8.00. The van der Waals surface area contributed by atoms with E-state index in [9.17, 15) is 13.5 Å². The minimum atomic E-state index is -3.51. The summed E-state index contributed by atoms with van der Waals surface area (Å²) in [6, 6.07) is 1.85. The molecule has 1 aliphatic carbocycles. The van der Waals surface area contributed by atoms with Crippen LogP contribution in [0.2, 0.25) is 0 Å². The van der Waals surface area contributed by atoms with Gasteiger partial charge >= 0.3 is 0 Å². The number of nitriles is 1. The van der Waals surface area contributed by atoms with E-state index in [0.717, 1.165) is 12.8 Å². The Morgan fingerprint density at radius 2 is 2.18 bits per heavy atom. The van der Waals surface area contributed by atoms with Gasteiger partial charge in [0.2, 0.25) is 10.0 Å². The number of hydrogen-bond acceptors (Lipinski definition) is 4. The lowest BCUT2D eigenvalue weighted by molar-refractivity contribution is 0.129. The van der Waals surface area contributed by atoms with Gasteiger partial charge in [0.15, 0.2) is 5.25 Å². The first kappa shape index (κ1) is 12.8. The highest BCUT2D eigenvalue weighted by Crippen LogP contribution is 2.39. The predicted octanol–water partition coefficient (Wildman–Crippen LogP) is 0.321. The van der Waals surface area contributed by atoms with Crippen molar-refractivity contribution in [3.05, 3.63) is 0 Å². The average Bonchev–Trinajstić information content (AvgIpc) is 2.83. The van der Waals surface area contributed by atoms with Crippen LogP contribution in [-0.4, -0.2) is 42.3 Å². The molecule has 0 bridgehead atoms. The molecular formula is C11H18N2O3S. The smallest absolute Gasteiger partial charge is 0.230 e. The summed E-state index contributed by atoms with van der Waals surface area (Å²) >= 11 is 0. The Morgan fingerprint density at radius 3 is 2.71 bits per heavy atom. The predicted molar refractivity (Wildman–Crippen MR) is 62.4 cm³/mol. The number of hydrogen-bond donors (Lipinski definition) is 1. The van der Waals surface area contributed by atoms with Gasteiger partial charge in [0, 0.05) is 19.0 Å².